The zero-order chi connectivity index (χ0) is 28.3. The molecule has 202 valence electrons. The first-order valence-corrected chi connectivity index (χ1v) is 12.7. The number of allylic oxidation sites excluding steroid dienone is 1. The molecule has 0 spiro atoms. The third-order valence-corrected chi connectivity index (χ3v) is 7.01. The second-order valence-electron chi connectivity index (χ2n) is 8.54. The molecular formula is C27H25N3O8S. The average molecular weight is 552 g/mol. The number of nitro groups is 1. The Morgan fingerprint density at radius 1 is 1.18 bits per heavy atom. The lowest BCUT2D eigenvalue weighted by Crippen LogP contribution is -2.40. The highest BCUT2D eigenvalue weighted by Crippen LogP contribution is 2.33. The first-order valence-electron chi connectivity index (χ1n) is 11.9. The smallest absolute Gasteiger partial charge is 0.343 e. The van der Waals surface area contributed by atoms with Crippen molar-refractivity contribution >= 4 is 35.0 Å². The van der Waals surface area contributed by atoms with Crippen molar-refractivity contribution < 1.29 is 28.7 Å². The van der Waals surface area contributed by atoms with Crippen molar-refractivity contribution in [2.45, 2.75) is 26.8 Å². The SMILES string of the molecule is CCOC(=O)C1=C(C)N=c2s/c(=C/c3ccc(OCC(=O)OC)cc3)c(=O)n2[C@@H]1c1ccc(C)c([N+](=O)[O-])c1. The number of hydrogen-bond donors (Lipinski definition) is 0. The molecule has 1 atom stereocenters. The van der Waals surface area contributed by atoms with Gasteiger partial charge in [0.25, 0.3) is 11.2 Å². The fourth-order valence-electron chi connectivity index (χ4n) is 4.11. The topological polar surface area (TPSA) is 139 Å². The maximum absolute atomic E-state index is 13.7. The largest absolute Gasteiger partial charge is 0.482 e. The zero-order valence-electron chi connectivity index (χ0n) is 21.6. The molecule has 0 unspecified atom stereocenters. The third-order valence-electron chi connectivity index (χ3n) is 6.02. The molecule has 2 heterocycles. The van der Waals surface area contributed by atoms with Gasteiger partial charge in [0, 0.05) is 11.6 Å². The average Bonchev–Trinajstić information content (AvgIpc) is 3.21. The van der Waals surface area contributed by atoms with Crippen LogP contribution < -0.4 is 19.6 Å². The van der Waals surface area contributed by atoms with Crippen LogP contribution in [0.15, 0.2) is 63.5 Å². The highest BCUT2D eigenvalue weighted by molar-refractivity contribution is 7.07. The minimum atomic E-state index is -0.962. The molecule has 11 nitrogen and oxygen atoms in total. The summed E-state index contributed by atoms with van der Waals surface area (Å²) in [5.74, 6) is -0.704. The molecule has 4 rings (SSSR count). The van der Waals surface area contributed by atoms with Crippen molar-refractivity contribution in [3.63, 3.8) is 0 Å². The van der Waals surface area contributed by atoms with Gasteiger partial charge in [-0.25, -0.2) is 14.6 Å². The monoisotopic (exact) mass is 551 g/mol. The molecule has 0 bridgehead atoms. The van der Waals surface area contributed by atoms with Crippen LogP contribution in [0.1, 0.15) is 36.6 Å². The first kappa shape index (κ1) is 27.5. The number of ether oxygens (including phenoxy) is 3. The molecule has 1 aliphatic heterocycles. The van der Waals surface area contributed by atoms with Crippen LogP contribution in [0.2, 0.25) is 0 Å². The minimum Gasteiger partial charge on any atom is -0.482 e. The summed E-state index contributed by atoms with van der Waals surface area (Å²) in [5, 5.41) is 11.7. The van der Waals surface area contributed by atoms with Crippen molar-refractivity contribution in [3.05, 3.63) is 100 Å². The Morgan fingerprint density at radius 2 is 1.90 bits per heavy atom. The summed E-state index contributed by atoms with van der Waals surface area (Å²) in [7, 11) is 1.27. The van der Waals surface area contributed by atoms with Gasteiger partial charge in [-0.1, -0.05) is 35.6 Å². The van der Waals surface area contributed by atoms with E-state index >= 15 is 0 Å². The number of carbonyl (C=O) groups is 2. The van der Waals surface area contributed by atoms with Gasteiger partial charge in [0.05, 0.1) is 40.5 Å². The van der Waals surface area contributed by atoms with Crippen LogP contribution in [-0.2, 0) is 19.1 Å². The second-order valence-corrected chi connectivity index (χ2v) is 9.55. The lowest BCUT2D eigenvalue weighted by atomic mass is 9.94. The minimum absolute atomic E-state index is 0.111. The Kier molecular flexibility index (Phi) is 8.05. The van der Waals surface area contributed by atoms with Gasteiger partial charge >= 0.3 is 11.9 Å². The predicted molar refractivity (Wildman–Crippen MR) is 142 cm³/mol. The van der Waals surface area contributed by atoms with Gasteiger partial charge in [-0.2, -0.15) is 0 Å². The van der Waals surface area contributed by atoms with Crippen LogP contribution in [0, 0.1) is 17.0 Å². The molecule has 12 heteroatoms. The van der Waals surface area contributed by atoms with E-state index in [0.717, 1.165) is 11.3 Å². The Labute approximate surface area is 226 Å². The molecule has 1 aromatic heterocycles. The van der Waals surface area contributed by atoms with E-state index in [2.05, 4.69) is 9.73 Å². The molecule has 3 aromatic rings. The maximum atomic E-state index is 13.7. The molecule has 0 saturated carbocycles. The molecule has 0 fully saturated rings. The van der Waals surface area contributed by atoms with Crippen LogP contribution in [0.25, 0.3) is 6.08 Å². The van der Waals surface area contributed by atoms with Crippen molar-refractivity contribution in [2.75, 3.05) is 20.3 Å². The van der Waals surface area contributed by atoms with Crippen LogP contribution in [-0.4, -0.2) is 41.8 Å². The number of thiazole rings is 1. The fourth-order valence-corrected chi connectivity index (χ4v) is 5.16. The van der Waals surface area contributed by atoms with Crippen molar-refractivity contribution in [3.8, 4) is 5.75 Å². The van der Waals surface area contributed by atoms with E-state index in [1.165, 1.54) is 17.7 Å². The lowest BCUT2D eigenvalue weighted by Gasteiger charge is -2.24. The number of carbonyl (C=O) groups excluding carboxylic acids is 2. The number of aryl methyl sites for hydroxylation is 1. The van der Waals surface area contributed by atoms with Gasteiger partial charge in [0.15, 0.2) is 11.4 Å². The summed E-state index contributed by atoms with van der Waals surface area (Å²) in [6, 6.07) is 10.4. The molecule has 1 aliphatic rings. The Balaban J connectivity index is 1.83. The number of hydrogen-bond acceptors (Lipinski definition) is 10. The lowest BCUT2D eigenvalue weighted by molar-refractivity contribution is -0.385. The van der Waals surface area contributed by atoms with E-state index in [1.807, 2.05) is 0 Å². The molecule has 2 aromatic carbocycles. The number of methoxy groups -OCH3 is 1. The quantitative estimate of drug-likeness (QED) is 0.236. The maximum Gasteiger partial charge on any atom is 0.343 e. The summed E-state index contributed by atoms with van der Waals surface area (Å²) in [6.07, 6.45) is 1.67. The third kappa shape index (κ3) is 5.65. The number of nitro benzene ring substituents is 1. The van der Waals surface area contributed by atoms with Gasteiger partial charge in [0.1, 0.15) is 5.75 Å². The van der Waals surface area contributed by atoms with E-state index in [9.17, 15) is 24.5 Å². The molecule has 39 heavy (non-hydrogen) atoms. The summed E-state index contributed by atoms with van der Waals surface area (Å²) in [6.45, 7) is 4.81. The number of esters is 2. The normalized spacial score (nSPS) is 14.9. The predicted octanol–water partition coefficient (Wildman–Crippen LogP) is 2.57. The molecule has 0 aliphatic carbocycles. The van der Waals surface area contributed by atoms with E-state index in [-0.39, 0.29) is 24.5 Å². The van der Waals surface area contributed by atoms with E-state index in [1.54, 1.807) is 63.2 Å². The van der Waals surface area contributed by atoms with Crippen LogP contribution in [0.3, 0.4) is 0 Å². The summed E-state index contributed by atoms with van der Waals surface area (Å²) < 4.78 is 16.9. The highest BCUT2D eigenvalue weighted by Gasteiger charge is 2.34. The van der Waals surface area contributed by atoms with Crippen molar-refractivity contribution in [1.82, 2.24) is 4.57 Å². The number of fused-ring (bicyclic) bond motifs is 1. The molecule has 0 radical (unpaired) electrons. The number of rotatable bonds is 8. The van der Waals surface area contributed by atoms with E-state index in [0.29, 0.717) is 37.5 Å². The summed E-state index contributed by atoms with van der Waals surface area (Å²) >= 11 is 1.14. The zero-order valence-corrected chi connectivity index (χ0v) is 22.4. The van der Waals surface area contributed by atoms with Gasteiger partial charge in [-0.15, -0.1) is 0 Å². The number of benzene rings is 2. The highest BCUT2D eigenvalue weighted by atomic mass is 32.1. The van der Waals surface area contributed by atoms with Gasteiger partial charge in [0.2, 0.25) is 0 Å². The van der Waals surface area contributed by atoms with Gasteiger partial charge < -0.3 is 14.2 Å². The van der Waals surface area contributed by atoms with Gasteiger partial charge in [-0.05, 0) is 50.1 Å². The molecule has 0 N–H and O–H groups in total. The fraction of sp³-hybridized carbons (Fsp3) is 0.259. The first-order chi connectivity index (χ1) is 18.6. The Hall–Kier alpha value is -4.58. The molecule has 0 saturated heterocycles. The number of nitrogens with zero attached hydrogens (tertiary/aromatic N) is 3. The van der Waals surface area contributed by atoms with Crippen molar-refractivity contribution in [1.29, 1.82) is 0 Å². The van der Waals surface area contributed by atoms with E-state index in [4.69, 9.17) is 9.47 Å². The van der Waals surface area contributed by atoms with Crippen LogP contribution in [0.4, 0.5) is 5.69 Å². The van der Waals surface area contributed by atoms with Gasteiger partial charge in [-0.3, -0.25) is 19.5 Å². The van der Waals surface area contributed by atoms with Crippen LogP contribution in [0.5, 0.6) is 5.75 Å². The summed E-state index contributed by atoms with van der Waals surface area (Å²) in [5.41, 5.74) is 1.50. The Bertz CT molecular complexity index is 1670. The van der Waals surface area contributed by atoms with Crippen molar-refractivity contribution in [2.24, 2.45) is 4.99 Å². The summed E-state index contributed by atoms with van der Waals surface area (Å²) in [4.78, 5) is 54.0. The van der Waals surface area contributed by atoms with Crippen LogP contribution >= 0.6 is 11.3 Å². The molecule has 0 amide bonds. The molecular weight excluding hydrogens is 526 g/mol. The standard InChI is InChI=1S/C27H25N3O8S/c1-5-37-26(33)23-16(3)28-27-29(24(23)18-9-6-15(2)20(13-18)30(34)35)25(32)21(39-27)12-17-7-10-19(11-8-17)38-14-22(31)36-4/h6-13,24H,5,14H2,1-4H3/b21-12+/t24-/m1/s1. The second kappa shape index (κ2) is 11.4. The van der Waals surface area contributed by atoms with E-state index < -0.39 is 28.5 Å². The number of aromatic nitrogens is 1. The Morgan fingerprint density at radius 3 is 2.54 bits per heavy atom.